The Hall–Kier alpha value is -1.32. The average molecular weight is 503 g/mol. The number of aliphatic imine (C=N–C) groups is 1. The third kappa shape index (κ3) is 7.31. The molecule has 5 nitrogen and oxygen atoms in total. The molecule has 0 amide bonds. The fourth-order valence-corrected chi connectivity index (χ4v) is 3.36. The number of benzene rings is 1. The number of methoxy groups -OCH3 is 1. The molecular weight excluding hydrogens is 473 g/mol. The number of halogens is 1. The van der Waals surface area contributed by atoms with E-state index in [2.05, 4.69) is 42.0 Å². The monoisotopic (exact) mass is 503 g/mol. The van der Waals surface area contributed by atoms with Crippen LogP contribution in [-0.2, 0) is 5.41 Å². The Morgan fingerprint density at radius 3 is 2.67 bits per heavy atom. The number of nitrogens with zero attached hydrogens (tertiary/aromatic N) is 1. The molecule has 1 aromatic heterocycles. The van der Waals surface area contributed by atoms with Crippen LogP contribution in [0.2, 0.25) is 0 Å². The Morgan fingerprint density at radius 2 is 2.04 bits per heavy atom. The minimum absolute atomic E-state index is 0. The summed E-state index contributed by atoms with van der Waals surface area (Å²) in [5.41, 5.74) is 0.786. The van der Waals surface area contributed by atoms with Gasteiger partial charge in [0.2, 0.25) is 0 Å². The van der Waals surface area contributed by atoms with Gasteiger partial charge < -0.3 is 20.5 Å². The van der Waals surface area contributed by atoms with Crippen LogP contribution >= 0.6 is 35.3 Å². The summed E-state index contributed by atoms with van der Waals surface area (Å²) >= 11 is 1.75. The second-order valence-electron chi connectivity index (χ2n) is 6.73. The minimum Gasteiger partial charge on any atom is -0.497 e. The maximum absolute atomic E-state index is 10.4. The lowest BCUT2D eigenvalue weighted by atomic mass is 9.92. The first-order valence-electron chi connectivity index (χ1n) is 8.84. The van der Waals surface area contributed by atoms with E-state index >= 15 is 0 Å². The van der Waals surface area contributed by atoms with Gasteiger partial charge in [-0.15, -0.1) is 35.3 Å². The maximum Gasteiger partial charge on any atom is 0.191 e. The molecule has 0 saturated carbocycles. The Kier molecular flexibility index (Phi) is 10.1. The van der Waals surface area contributed by atoms with Gasteiger partial charge in [-0.05, 0) is 36.1 Å². The molecule has 1 unspecified atom stereocenters. The van der Waals surface area contributed by atoms with Crippen molar-refractivity contribution in [1.82, 2.24) is 10.6 Å². The Balaban J connectivity index is 0.00000364. The van der Waals surface area contributed by atoms with Crippen LogP contribution in [0, 0.1) is 0 Å². The van der Waals surface area contributed by atoms with E-state index in [4.69, 9.17) is 9.73 Å². The molecule has 0 aliphatic heterocycles. The van der Waals surface area contributed by atoms with Crippen molar-refractivity contribution in [1.29, 1.82) is 0 Å². The van der Waals surface area contributed by atoms with Crippen molar-refractivity contribution in [2.75, 3.05) is 26.7 Å². The number of hydrogen-bond donors (Lipinski definition) is 3. The van der Waals surface area contributed by atoms with Crippen LogP contribution in [0.15, 0.2) is 46.8 Å². The van der Waals surface area contributed by atoms with Gasteiger partial charge in [-0.2, -0.15) is 0 Å². The van der Waals surface area contributed by atoms with Crippen LogP contribution in [0.3, 0.4) is 0 Å². The van der Waals surface area contributed by atoms with Crippen LogP contribution < -0.4 is 15.4 Å². The molecule has 0 aliphatic rings. The van der Waals surface area contributed by atoms with E-state index < -0.39 is 6.10 Å². The highest BCUT2D eigenvalue weighted by Crippen LogP contribution is 2.27. The Bertz CT molecular complexity index is 705. The lowest BCUT2D eigenvalue weighted by Crippen LogP contribution is -2.40. The van der Waals surface area contributed by atoms with Gasteiger partial charge in [-0.25, -0.2) is 0 Å². The summed E-state index contributed by atoms with van der Waals surface area (Å²) in [6.07, 6.45) is -0.640. The molecule has 0 bridgehead atoms. The third-order valence-electron chi connectivity index (χ3n) is 4.11. The summed E-state index contributed by atoms with van der Waals surface area (Å²) in [7, 11) is 1.62. The zero-order chi connectivity index (χ0) is 19.0. The molecule has 0 fully saturated rings. The first-order chi connectivity index (χ1) is 12.5. The van der Waals surface area contributed by atoms with Gasteiger partial charge in [0.15, 0.2) is 5.96 Å². The Labute approximate surface area is 183 Å². The van der Waals surface area contributed by atoms with E-state index in [1.54, 1.807) is 18.4 Å². The predicted molar refractivity (Wildman–Crippen MR) is 125 cm³/mol. The first-order valence-corrected chi connectivity index (χ1v) is 9.72. The zero-order valence-electron chi connectivity index (χ0n) is 16.4. The van der Waals surface area contributed by atoms with Crippen LogP contribution in [0.1, 0.15) is 37.3 Å². The summed E-state index contributed by atoms with van der Waals surface area (Å²) in [5.74, 6) is 1.44. The lowest BCUT2D eigenvalue weighted by molar-refractivity contribution is 0.180. The van der Waals surface area contributed by atoms with E-state index in [1.165, 1.54) is 4.88 Å². The number of rotatable bonds is 8. The van der Waals surface area contributed by atoms with Crippen molar-refractivity contribution in [3.63, 3.8) is 0 Å². The van der Waals surface area contributed by atoms with Crippen LogP contribution in [0.5, 0.6) is 5.75 Å². The molecule has 0 spiro atoms. The number of thiophene rings is 1. The summed E-state index contributed by atoms with van der Waals surface area (Å²) in [4.78, 5) is 6.02. The van der Waals surface area contributed by atoms with Crippen LogP contribution in [0.25, 0.3) is 0 Å². The van der Waals surface area contributed by atoms with Crippen molar-refractivity contribution < 1.29 is 9.84 Å². The predicted octanol–water partition coefficient (Wildman–Crippen LogP) is 3.94. The highest BCUT2D eigenvalue weighted by Gasteiger charge is 2.21. The lowest BCUT2D eigenvalue weighted by Gasteiger charge is -2.22. The van der Waals surface area contributed by atoms with Gasteiger partial charge in [0, 0.05) is 23.4 Å². The van der Waals surface area contributed by atoms with E-state index in [1.807, 2.05) is 31.2 Å². The molecule has 0 aliphatic carbocycles. The van der Waals surface area contributed by atoms with Gasteiger partial charge in [0.05, 0.1) is 19.8 Å². The zero-order valence-corrected chi connectivity index (χ0v) is 19.5. The van der Waals surface area contributed by atoms with E-state index in [-0.39, 0.29) is 29.4 Å². The van der Waals surface area contributed by atoms with Gasteiger partial charge in [0.25, 0.3) is 0 Å². The van der Waals surface area contributed by atoms with Crippen molar-refractivity contribution in [3.05, 3.63) is 52.2 Å². The van der Waals surface area contributed by atoms with Gasteiger partial charge in [-0.3, -0.25) is 4.99 Å². The van der Waals surface area contributed by atoms with Crippen molar-refractivity contribution in [2.24, 2.45) is 4.99 Å². The highest BCUT2D eigenvalue weighted by atomic mass is 127. The number of aliphatic hydroxyl groups is 1. The summed E-state index contributed by atoms with van der Waals surface area (Å²) < 4.78 is 5.21. The number of nitrogens with one attached hydrogen (secondary N) is 2. The van der Waals surface area contributed by atoms with Gasteiger partial charge in [0.1, 0.15) is 5.75 Å². The smallest absolute Gasteiger partial charge is 0.191 e. The molecule has 1 heterocycles. The summed E-state index contributed by atoms with van der Waals surface area (Å²) in [6, 6.07) is 11.7. The molecule has 1 aromatic carbocycles. The largest absolute Gasteiger partial charge is 0.497 e. The first kappa shape index (κ1) is 23.7. The molecule has 27 heavy (non-hydrogen) atoms. The molecule has 0 saturated heterocycles. The quantitative estimate of drug-likeness (QED) is 0.290. The number of hydrogen-bond acceptors (Lipinski definition) is 4. The normalized spacial score (nSPS) is 12.9. The molecule has 7 heteroatoms. The van der Waals surface area contributed by atoms with E-state index in [9.17, 15) is 5.11 Å². The SMILES string of the molecule is CCNC(=NCC(C)(C)c1cccs1)NCC(O)c1cccc(OC)c1.I. The highest BCUT2D eigenvalue weighted by molar-refractivity contribution is 14.0. The summed E-state index contributed by atoms with van der Waals surface area (Å²) in [6.45, 7) is 8.21. The molecular formula is C20H30IN3O2S. The topological polar surface area (TPSA) is 65.9 Å². The fraction of sp³-hybridized carbons (Fsp3) is 0.450. The van der Waals surface area contributed by atoms with E-state index in [0.29, 0.717) is 19.0 Å². The molecule has 2 aromatic rings. The fourth-order valence-electron chi connectivity index (χ4n) is 2.52. The maximum atomic E-state index is 10.4. The average Bonchev–Trinajstić information content (AvgIpc) is 3.19. The van der Waals surface area contributed by atoms with E-state index in [0.717, 1.165) is 17.9 Å². The third-order valence-corrected chi connectivity index (χ3v) is 5.34. The molecule has 1 atom stereocenters. The van der Waals surface area contributed by atoms with Gasteiger partial charge >= 0.3 is 0 Å². The molecule has 2 rings (SSSR count). The second kappa shape index (κ2) is 11.5. The molecule has 3 N–H and O–H groups in total. The van der Waals surface area contributed by atoms with Crippen molar-refractivity contribution >= 4 is 41.3 Å². The number of guanidine groups is 1. The molecule has 150 valence electrons. The van der Waals surface area contributed by atoms with Gasteiger partial charge in [-0.1, -0.05) is 32.0 Å². The van der Waals surface area contributed by atoms with Crippen LogP contribution in [0.4, 0.5) is 0 Å². The second-order valence-corrected chi connectivity index (χ2v) is 7.68. The summed E-state index contributed by atoms with van der Waals surface area (Å²) in [5, 5.41) is 19.0. The number of aliphatic hydroxyl groups excluding tert-OH is 1. The molecule has 0 radical (unpaired) electrons. The standard InChI is InChI=1S/C20H29N3O2S.HI/c1-5-21-19(23-14-20(2,3)18-10-7-11-26-18)22-13-17(24)15-8-6-9-16(12-15)25-4;/h6-12,17,24H,5,13-14H2,1-4H3,(H2,21,22,23);1H. The number of ether oxygens (including phenoxy) is 1. The van der Waals surface area contributed by atoms with Crippen molar-refractivity contribution in [3.8, 4) is 5.75 Å². The minimum atomic E-state index is -0.640. The Morgan fingerprint density at radius 1 is 1.26 bits per heavy atom. The van der Waals surface area contributed by atoms with Crippen LogP contribution in [-0.4, -0.2) is 37.8 Å². The van der Waals surface area contributed by atoms with Crippen molar-refractivity contribution in [2.45, 2.75) is 32.3 Å².